The number of benzene rings is 2. The molecule has 0 bridgehead atoms. The van der Waals surface area contributed by atoms with Crippen LogP contribution in [0.25, 0.3) is 0 Å². The summed E-state index contributed by atoms with van der Waals surface area (Å²) in [6.45, 7) is 0. The Hall–Kier alpha value is 0.270. The van der Waals surface area contributed by atoms with Crippen molar-refractivity contribution in [1.82, 2.24) is 0 Å². The fourth-order valence-electron chi connectivity index (χ4n) is 1.58. The lowest BCUT2D eigenvalue weighted by Crippen LogP contribution is -1.95. The van der Waals surface area contributed by atoms with Crippen LogP contribution in [0.5, 0.6) is 0 Å². The molecule has 0 aromatic heterocycles. The van der Waals surface area contributed by atoms with Crippen molar-refractivity contribution in [2.45, 2.75) is 4.83 Å². The number of alkyl halides is 1. The number of rotatable bonds is 2. The molecule has 0 saturated carbocycles. The molecule has 0 radical (unpaired) electrons. The van der Waals surface area contributed by atoms with Crippen molar-refractivity contribution in [3.63, 3.8) is 0 Å². The molecule has 2 rings (SSSR count). The van der Waals surface area contributed by atoms with Gasteiger partial charge < -0.3 is 0 Å². The van der Waals surface area contributed by atoms with Gasteiger partial charge in [-0.25, -0.2) is 0 Å². The smallest absolute Gasteiger partial charge is 0.0670 e. The Morgan fingerprint density at radius 2 is 1.39 bits per heavy atom. The first-order valence-corrected chi connectivity index (χ1v) is 7.87. The summed E-state index contributed by atoms with van der Waals surface area (Å²) in [5, 5.41) is 1.94. The average Bonchev–Trinajstić information content (AvgIpc) is 2.28. The third kappa shape index (κ3) is 3.23. The van der Waals surface area contributed by atoms with Gasteiger partial charge in [-0.05, 0) is 35.4 Å². The Kier molecular flexibility index (Phi) is 5.01. The molecule has 0 heterocycles. The van der Waals surface area contributed by atoms with Gasteiger partial charge in [0.2, 0.25) is 0 Å². The highest BCUT2D eigenvalue weighted by molar-refractivity contribution is 9.11. The molecule has 0 aliphatic rings. The summed E-state index contributed by atoms with van der Waals surface area (Å²) in [6, 6.07) is 11.1. The molecule has 0 amide bonds. The van der Waals surface area contributed by atoms with E-state index >= 15 is 0 Å². The molecule has 5 heteroatoms. The number of halogens is 5. The molecule has 94 valence electrons. The van der Waals surface area contributed by atoms with E-state index in [0.717, 1.165) is 15.6 Å². The molecular formula is C13H7Br2Cl3. The van der Waals surface area contributed by atoms with Crippen molar-refractivity contribution in [3.05, 3.63) is 67.1 Å². The molecule has 0 saturated heterocycles. The largest absolute Gasteiger partial charge is 0.0843 e. The Morgan fingerprint density at radius 1 is 0.833 bits per heavy atom. The van der Waals surface area contributed by atoms with E-state index < -0.39 is 0 Å². The Balaban J connectivity index is 2.44. The lowest BCUT2D eigenvalue weighted by atomic mass is 10.0. The van der Waals surface area contributed by atoms with Crippen LogP contribution in [0.15, 0.2) is 40.9 Å². The first kappa shape index (κ1) is 14.7. The van der Waals surface area contributed by atoms with Crippen LogP contribution in [-0.2, 0) is 0 Å². The molecule has 1 atom stereocenters. The molecule has 1 unspecified atom stereocenters. The van der Waals surface area contributed by atoms with Gasteiger partial charge in [0.05, 0.1) is 4.83 Å². The van der Waals surface area contributed by atoms with Crippen molar-refractivity contribution in [2.75, 3.05) is 0 Å². The van der Waals surface area contributed by atoms with Gasteiger partial charge >= 0.3 is 0 Å². The first-order chi connectivity index (χ1) is 8.49. The highest BCUT2D eigenvalue weighted by Gasteiger charge is 2.16. The van der Waals surface area contributed by atoms with Crippen molar-refractivity contribution < 1.29 is 0 Å². The lowest BCUT2D eigenvalue weighted by Gasteiger charge is -2.14. The van der Waals surface area contributed by atoms with Gasteiger partial charge in [-0.3, -0.25) is 0 Å². The van der Waals surface area contributed by atoms with Crippen LogP contribution < -0.4 is 0 Å². The summed E-state index contributed by atoms with van der Waals surface area (Å²) in [6.07, 6.45) is 0. The maximum Gasteiger partial charge on any atom is 0.0670 e. The molecule has 0 fully saturated rings. The van der Waals surface area contributed by atoms with E-state index in [0.29, 0.717) is 15.1 Å². The standard InChI is InChI=1S/C13H7Br2Cl3/c14-11-5-7(16)1-3-9(11)13(15)10-4-2-8(17)6-12(10)18/h1-6,13H. The minimum absolute atomic E-state index is 0.0195. The highest BCUT2D eigenvalue weighted by Crippen LogP contribution is 2.39. The summed E-state index contributed by atoms with van der Waals surface area (Å²) < 4.78 is 0.933. The van der Waals surface area contributed by atoms with Crippen molar-refractivity contribution in [1.29, 1.82) is 0 Å². The van der Waals surface area contributed by atoms with Gasteiger partial charge in [0, 0.05) is 19.5 Å². The highest BCUT2D eigenvalue weighted by atomic mass is 79.9. The molecule has 0 N–H and O–H groups in total. The molecule has 2 aromatic rings. The average molecular weight is 429 g/mol. The van der Waals surface area contributed by atoms with Gasteiger partial charge in [0.25, 0.3) is 0 Å². The van der Waals surface area contributed by atoms with Crippen LogP contribution in [0.1, 0.15) is 16.0 Å². The Labute approximate surface area is 137 Å². The molecular weight excluding hydrogens is 422 g/mol. The van der Waals surface area contributed by atoms with E-state index in [1.165, 1.54) is 0 Å². The van der Waals surface area contributed by atoms with Crippen LogP contribution in [-0.4, -0.2) is 0 Å². The molecule has 2 aromatic carbocycles. The van der Waals surface area contributed by atoms with Gasteiger partial charge in [-0.2, -0.15) is 0 Å². The van der Waals surface area contributed by atoms with Crippen molar-refractivity contribution in [3.8, 4) is 0 Å². The Bertz CT molecular complexity index is 533. The maximum absolute atomic E-state index is 6.20. The van der Waals surface area contributed by atoms with Crippen molar-refractivity contribution in [2.24, 2.45) is 0 Å². The van der Waals surface area contributed by atoms with Crippen LogP contribution in [0.3, 0.4) is 0 Å². The number of hydrogen-bond acceptors (Lipinski definition) is 0. The van der Waals surface area contributed by atoms with Gasteiger partial charge in [0.1, 0.15) is 0 Å². The second kappa shape index (κ2) is 6.15. The second-order valence-corrected chi connectivity index (χ2v) is 6.74. The summed E-state index contributed by atoms with van der Waals surface area (Å²) in [7, 11) is 0. The van der Waals surface area contributed by atoms with Crippen LogP contribution in [0.4, 0.5) is 0 Å². The monoisotopic (exact) mass is 426 g/mol. The van der Waals surface area contributed by atoms with Gasteiger partial charge in [-0.15, -0.1) is 0 Å². The minimum atomic E-state index is -0.0195. The van der Waals surface area contributed by atoms with Crippen LogP contribution in [0.2, 0.25) is 15.1 Å². The zero-order valence-electron chi connectivity index (χ0n) is 8.93. The van der Waals surface area contributed by atoms with Crippen molar-refractivity contribution >= 4 is 66.7 Å². The molecule has 0 nitrogen and oxygen atoms in total. The van der Waals surface area contributed by atoms with E-state index in [-0.39, 0.29) is 4.83 Å². The van der Waals surface area contributed by atoms with E-state index in [1.54, 1.807) is 6.07 Å². The summed E-state index contributed by atoms with van der Waals surface area (Å²) >= 11 is 25.2. The van der Waals surface area contributed by atoms with Gasteiger partial charge in [-0.1, -0.05) is 78.8 Å². The predicted octanol–water partition coefficient (Wildman–Crippen LogP) is 6.89. The summed E-state index contributed by atoms with van der Waals surface area (Å²) in [4.78, 5) is -0.0195. The quantitative estimate of drug-likeness (QED) is 0.456. The lowest BCUT2D eigenvalue weighted by molar-refractivity contribution is 1.16. The van der Waals surface area contributed by atoms with Crippen LogP contribution >= 0.6 is 66.7 Å². The molecule has 0 aliphatic heterocycles. The Morgan fingerprint density at radius 3 is 1.94 bits per heavy atom. The fraction of sp³-hybridized carbons (Fsp3) is 0.0769. The third-order valence-electron chi connectivity index (χ3n) is 2.47. The van der Waals surface area contributed by atoms with Gasteiger partial charge in [0.15, 0.2) is 0 Å². The van der Waals surface area contributed by atoms with E-state index in [4.69, 9.17) is 34.8 Å². The zero-order chi connectivity index (χ0) is 13.3. The first-order valence-electron chi connectivity index (χ1n) is 5.03. The third-order valence-corrected chi connectivity index (χ3v) is 4.94. The zero-order valence-corrected chi connectivity index (χ0v) is 14.4. The van der Waals surface area contributed by atoms with E-state index in [1.807, 2.05) is 30.3 Å². The van der Waals surface area contributed by atoms with Crippen LogP contribution in [0, 0.1) is 0 Å². The number of hydrogen-bond donors (Lipinski definition) is 0. The topological polar surface area (TPSA) is 0 Å². The normalized spacial score (nSPS) is 12.5. The second-order valence-electron chi connectivity index (χ2n) is 3.69. The fourth-order valence-corrected chi connectivity index (χ4v) is 4.25. The summed E-state index contributed by atoms with van der Waals surface area (Å²) in [5.41, 5.74) is 2.02. The summed E-state index contributed by atoms with van der Waals surface area (Å²) in [5.74, 6) is 0. The van der Waals surface area contributed by atoms with E-state index in [2.05, 4.69) is 31.9 Å². The molecule has 18 heavy (non-hydrogen) atoms. The molecule has 0 aliphatic carbocycles. The maximum atomic E-state index is 6.20. The SMILES string of the molecule is Clc1ccc(C(Br)c2ccc(Cl)cc2Br)c(Cl)c1. The molecule has 0 spiro atoms. The minimum Gasteiger partial charge on any atom is -0.0843 e. The predicted molar refractivity (Wildman–Crippen MR) is 86.4 cm³/mol. The van der Waals surface area contributed by atoms with E-state index in [9.17, 15) is 0 Å².